The summed E-state index contributed by atoms with van der Waals surface area (Å²) in [5.41, 5.74) is 5.01. The molecule has 0 bridgehead atoms. The van der Waals surface area contributed by atoms with Crippen molar-refractivity contribution >= 4 is 27.5 Å². The topological polar surface area (TPSA) is 77.1 Å². The van der Waals surface area contributed by atoms with Crippen molar-refractivity contribution in [2.45, 2.75) is 32.2 Å². The van der Waals surface area contributed by atoms with Crippen molar-refractivity contribution < 1.29 is 4.79 Å². The van der Waals surface area contributed by atoms with E-state index in [1.54, 1.807) is 4.68 Å². The molecule has 29 heavy (non-hydrogen) atoms. The van der Waals surface area contributed by atoms with Gasteiger partial charge in [-0.15, -0.1) is 5.10 Å². The second-order valence-electron chi connectivity index (χ2n) is 7.37. The fourth-order valence-electron chi connectivity index (χ4n) is 3.42. The zero-order chi connectivity index (χ0) is 20.0. The predicted octanol–water partition coefficient (Wildman–Crippen LogP) is 3.79. The minimum atomic E-state index is -0.219. The van der Waals surface area contributed by atoms with Crippen LogP contribution in [0.25, 0.3) is 11.3 Å². The molecule has 0 atom stereocenters. The summed E-state index contributed by atoms with van der Waals surface area (Å²) in [5.74, 6) is 0.107. The number of amides is 1. The number of aromatic nitrogens is 5. The number of carbonyl (C=O) groups is 1. The zero-order valence-corrected chi connectivity index (χ0v) is 17.4. The van der Waals surface area contributed by atoms with E-state index in [9.17, 15) is 4.79 Å². The summed E-state index contributed by atoms with van der Waals surface area (Å²) in [6.45, 7) is 2.37. The number of benzene rings is 1. The largest absolute Gasteiger partial charge is 0.345 e. The number of aryl methyl sites for hydroxylation is 1. The molecule has 0 aliphatic heterocycles. The van der Waals surface area contributed by atoms with Gasteiger partial charge in [0.2, 0.25) is 0 Å². The fraction of sp³-hybridized carbons (Fsp3) is 0.238. The highest BCUT2D eigenvalue weighted by molar-refractivity contribution is 9.10. The normalized spacial score (nSPS) is 13.7. The summed E-state index contributed by atoms with van der Waals surface area (Å²) in [4.78, 5) is 17.4. The second kappa shape index (κ2) is 7.11. The van der Waals surface area contributed by atoms with Gasteiger partial charge in [0.25, 0.3) is 5.91 Å². The van der Waals surface area contributed by atoms with E-state index in [2.05, 4.69) is 36.5 Å². The summed E-state index contributed by atoms with van der Waals surface area (Å²) in [6.07, 6.45) is 6.00. The van der Waals surface area contributed by atoms with Crippen molar-refractivity contribution in [1.29, 1.82) is 0 Å². The lowest BCUT2D eigenvalue weighted by Gasteiger charge is -2.07. The van der Waals surface area contributed by atoms with Gasteiger partial charge in [0, 0.05) is 22.8 Å². The average Bonchev–Trinajstić information content (AvgIpc) is 3.32. The first-order valence-corrected chi connectivity index (χ1v) is 10.3. The van der Waals surface area contributed by atoms with Crippen LogP contribution in [0.4, 0.5) is 0 Å². The number of hydrogen-bond donors (Lipinski definition) is 1. The molecule has 1 N–H and O–H groups in total. The average molecular weight is 451 g/mol. The van der Waals surface area contributed by atoms with Crippen molar-refractivity contribution in [3.8, 4) is 5.69 Å². The van der Waals surface area contributed by atoms with Crippen molar-refractivity contribution in [1.82, 2.24) is 29.7 Å². The Balaban J connectivity index is 1.38. The van der Waals surface area contributed by atoms with E-state index in [1.807, 2.05) is 60.1 Å². The molecule has 146 valence electrons. The van der Waals surface area contributed by atoms with Gasteiger partial charge in [-0.2, -0.15) is 0 Å². The molecule has 1 fully saturated rings. The Kier molecular flexibility index (Phi) is 4.43. The van der Waals surface area contributed by atoms with Crippen LogP contribution in [0.3, 0.4) is 0 Å². The van der Waals surface area contributed by atoms with Gasteiger partial charge >= 0.3 is 0 Å². The first-order valence-electron chi connectivity index (χ1n) is 9.52. The van der Waals surface area contributed by atoms with E-state index in [-0.39, 0.29) is 5.91 Å². The third-order valence-corrected chi connectivity index (χ3v) is 5.58. The lowest BCUT2D eigenvalue weighted by Crippen LogP contribution is -2.24. The van der Waals surface area contributed by atoms with E-state index in [1.165, 1.54) is 0 Å². The number of hydrogen-bond acceptors (Lipinski definition) is 4. The van der Waals surface area contributed by atoms with Gasteiger partial charge in [0.1, 0.15) is 5.65 Å². The Morgan fingerprint density at radius 2 is 2.03 bits per heavy atom. The lowest BCUT2D eigenvalue weighted by atomic mass is 10.2. The molecule has 3 aromatic heterocycles. The van der Waals surface area contributed by atoms with Gasteiger partial charge in [-0.3, -0.25) is 4.79 Å². The van der Waals surface area contributed by atoms with E-state index in [0.29, 0.717) is 18.2 Å². The summed E-state index contributed by atoms with van der Waals surface area (Å²) in [6, 6.07) is 11.9. The van der Waals surface area contributed by atoms with Crippen LogP contribution in [0.1, 0.15) is 46.2 Å². The number of pyridine rings is 1. The quantitative estimate of drug-likeness (QED) is 0.501. The smallest absolute Gasteiger partial charge is 0.274 e. The van der Waals surface area contributed by atoms with Gasteiger partial charge in [-0.1, -0.05) is 21.1 Å². The van der Waals surface area contributed by atoms with E-state index in [4.69, 9.17) is 0 Å². The molecule has 0 radical (unpaired) electrons. The van der Waals surface area contributed by atoms with Crippen molar-refractivity contribution in [3.05, 3.63) is 75.9 Å². The lowest BCUT2D eigenvalue weighted by molar-refractivity contribution is 0.0944. The highest BCUT2D eigenvalue weighted by atomic mass is 79.9. The Hall–Kier alpha value is -3.00. The fourth-order valence-corrected chi connectivity index (χ4v) is 3.69. The Morgan fingerprint density at radius 3 is 2.79 bits per heavy atom. The van der Waals surface area contributed by atoms with Gasteiger partial charge in [-0.05, 0) is 61.7 Å². The number of imidazole rings is 1. The number of nitrogens with zero attached hydrogens (tertiary/aromatic N) is 5. The molecule has 3 heterocycles. The molecule has 7 nitrogen and oxygen atoms in total. The van der Waals surface area contributed by atoms with Gasteiger partial charge in [0.15, 0.2) is 5.69 Å². The number of carbonyl (C=O) groups excluding carboxylic acids is 1. The van der Waals surface area contributed by atoms with Crippen LogP contribution in [0, 0.1) is 6.92 Å². The van der Waals surface area contributed by atoms with Gasteiger partial charge < -0.3 is 9.72 Å². The summed E-state index contributed by atoms with van der Waals surface area (Å²) in [5, 5.41) is 11.4. The molecular weight excluding hydrogens is 432 g/mol. The minimum absolute atomic E-state index is 0.219. The van der Waals surface area contributed by atoms with Gasteiger partial charge in [-0.25, -0.2) is 9.67 Å². The molecule has 1 aliphatic carbocycles. The first-order chi connectivity index (χ1) is 14.1. The van der Waals surface area contributed by atoms with E-state index < -0.39 is 0 Å². The number of nitrogens with one attached hydrogen (secondary N) is 1. The second-order valence-corrected chi connectivity index (χ2v) is 8.29. The summed E-state index contributed by atoms with van der Waals surface area (Å²) in [7, 11) is 0. The Labute approximate surface area is 175 Å². The Morgan fingerprint density at radius 1 is 1.24 bits per heavy atom. The molecule has 0 saturated heterocycles. The Bertz CT molecular complexity index is 1210. The molecule has 0 spiro atoms. The van der Waals surface area contributed by atoms with Crippen LogP contribution >= 0.6 is 15.9 Å². The number of fused-ring (bicyclic) bond motifs is 1. The van der Waals surface area contributed by atoms with Crippen molar-refractivity contribution in [2.75, 3.05) is 0 Å². The van der Waals surface area contributed by atoms with Crippen LogP contribution in [-0.4, -0.2) is 30.3 Å². The van der Waals surface area contributed by atoms with E-state index >= 15 is 0 Å². The molecule has 1 aliphatic rings. The molecule has 1 aromatic carbocycles. The molecule has 1 amide bonds. The number of rotatable bonds is 5. The maximum Gasteiger partial charge on any atom is 0.274 e. The first kappa shape index (κ1) is 18.1. The number of halogens is 1. The third-order valence-electron chi connectivity index (χ3n) is 5.05. The summed E-state index contributed by atoms with van der Waals surface area (Å²) >= 11 is 3.45. The zero-order valence-electron chi connectivity index (χ0n) is 15.8. The molecule has 5 rings (SSSR count). The predicted molar refractivity (Wildman–Crippen MR) is 112 cm³/mol. The SMILES string of the molecule is Cc1ccn2cc(CNC(=O)c3nnn(-c4ccc(Br)cc4)c3C3CC3)nc2c1. The molecular formula is C21H19BrN6O. The molecule has 0 unspecified atom stereocenters. The van der Waals surface area contributed by atoms with Crippen LogP contribution in [0.5, 0.6) is 0 Å². The van der Waals surface area contributed by atoms with Crippen molar-refractivity contribution in [3.63, 3.8) is 0 Å². The maximum atomic E-state index is 12.9. The van der Waals surface area contributed by atoms with Crippen LogP contribution < -0.4 is 5.32 Å². The van der Waals surface area contributed by atoms with Crippen LogP contribution in [0.2, 0.25) is 0 Å². The highest BCUT2D eigenvalue weighted by Crippen LogP contribution is 2.42. The highest BCUT2D eigenvalue weighted by Gasteiger charge is 2.34. The van der Waals surface area contributed by atoms with Crippen LogP contribution in [0.15, 0.2) is 53.3 Å². The van der Waals surface area contributed by atoms with E-state index in [0.717, 1.165) is 45.6 Å². The van der Waals surface area contributed by atoms with Crippen molar-refractivity contribution in [2.24, 2.45) is 0 Å². The third kappa shape index (κ3) is 3.55. The standard InChI is InChI=1S/C21H19BrN6O/c1-13-8-9-27-12-16(24-18(27)10-13)11-23-21(29)19-20(14-2-3-14)28(26-25-19)17-6-4-15(22)5-7-17/h4-10,12,14H,2-3,11H2,1H3,(H,23,29). The van der Waals surface area contributed by atoms with Crippen LogP contribution in [-0.2, 0) is 6.54 Å². The summed E-state index contributed by atoms with van der Waals surface area (Å²) < 4.78 is 4.73. The molecule has 1 saturated carbocycles. The molecule has 8 heteroatoms. The van der Waals surface area contributed by atoms with Gasteiger partial charge in [0.05, 0.1) is 23.6 Å². The maximum absolute atomic E-state index is 12.9. The molecule has 4 aromatic rings. The minimum Gasteiger partial charge on any atom is -0.345 e. The monoisotopic (exact) mass is 450 g/mol.